The van der Waals surface area contributed by atoms with Gasteiger partial charge in [0.25, 0.3) is 0 Å². The van der Waals surface area contributed by atoms with E-state index < -0.39 is 0 Å². The van der Waals surface area contributed by atoms with Crippen LogP contribution in [0.25, 0.3) is 77.3 Å². The molecule has 0 unspecified atom stereocenters. The predicted molar refractivity (Wildman–Crippen MR) is 164 cm³/mol. The quantitative estimate of drug-likeness (QED) is 0.223. The topological polar surface area (TPSA) is 51.6 Å². The number of para-hydroxylation sites is 4. The van der Waals surface area contributed by atoms with Gasteiger partial charge in [-0.3, -0.25) is 9.97 Å². The number of benzene rings is 4. The highest BCUT2D eigenvalue weighted by molar-refractivity contribution is 6.14. The summed E-state index contributed by atoms with van der Waals surface area (Å²) in [6, 6.07) is 41.6. The molecule has 0 atom stereocenters. The minimum absolute atomic E-state index is 0.838. The average Bonchev–Trinajstić information content (AvgIpc) is 3.02. The number of hydrogen-bond donors (Lipinski definition) is 0. The van der Waals surface area contributed by atoms with Crippen LogP contribution in [0.3, 0.4) is 0 Å². The second-order valence-corrected chi connectivity index (χ2v) is 9.84. The minimum atomic E-state index is 0.838. The Hall–Kier alpha value is -5.48. The van der Waals surface area contributed by atoms with Gasteiger partial charge in [0.15, 0.2) is 0 Å². The van der Waals surface area contributed by atoms with Crippen molar-refractivity contribution in [2.75, 3.05) is 0 Å². The van der Waals surface area contributed by atoms with E-state index in [9.17, 15) is 0 Å². The van der Waals surface area contributed by atoms with E-state index in [1.807, 2.05) is 48.8 Å². The Kier molecular flexibility index (Phi) is 5.10. The van der Waals surface area contributed by atoms with E-state index >= 15 is 0 Å². The Labute approximate surface area is 230 Å². The maximum Gasteiger partial charge on any atom is 0.0971 e. The molecule has 0 aliphatic carbocycles. The van der Waals surface area contributed by atoms with Crippen molar-refractivity contribution in [3.63, 3.8) is 0 Å². The van der Waals surface area contributed by atoms with Gasteiger partial charge in [0.05, 0.1) is 33.5 Å². The summed E-state index contributed by atoms with van der Waals surface area (Å²) in [4.78, 5) is 19.9. The van der Waals surface area contributed by atoms with Crippen molar-refractivity contribution in [3.8, 4) is 33.6 Å². The molecule has 4 aromatic carbocycles. The van der Waals surface area contributed by atoms with E-state index in [1.165, 1.54) is 0 Å². The molecule has 0 N–H and O–H groups in total. The number of rotatable bonds is 3. The average molecular weight is 511 g/mol. The van der Waals surface area contributed by atoms with Crippen LogP contribution in [0.2, 0.25) is 0 Å². The Morgan fingerprint density at radius 1 is 0.325 bits per heavy atom. The zero-order valence-electron chi connectivity index (χ0n) is 21.5. The molecule has 4 nitrogen and oxygen atoms in total. The predicted octanol–water partition coefficient (Wildman–Crippen LogP) is 8.88. The smallest absolute Gasteiger partial charge is 0.0971 e. The lowest BCUT2D eigenvalue weighted by Gasteiger charge is -2.17. The van der Waals surface area contributed by atoms with Crippen LogP contribution in [0.5, 0.6) is 0 Å². The molecule has 4 aromatic heterocycles. The van der Waals surface area contributed by atoms with Gasteiger partial charge in [-0.15, -0.1) is 0 Å². The first-order valence-corrected chi connectivity index (χ1v) is 13.3. The fraction of sp³-hybridized carbons (Fsp3) is 0. The maximum atomic E-state index is 4.99. The van der Waals surface area contributed by atoms with Crippen LogP contribution in [0.4, 0.5) is 0 Å². The Bertz CT molecular complexity index is 1970. The van der Waals surface area contributed by atoms with Gasteiger partial charge in [-0.2, -0.15) is 0 Å². The van der Waals surface area contributed by atoms with Crippen molar-refractivity contribution < 1.29 is 0 Å². The molecule has 8 aromatic rings. The standard InChI is InChI=1S/C36H22N4/c1-5-17-29-23(11-1)33(24-12-2-6-18-30(24)39-29)27-15-9-21-37-35(27)36-28(16-10-22-38-36)34-25-13-3-7-19-31(25)40-32-20-8-4-14-26(32)34/h1-22H. The minimum Gasteiger partial charge on any atom is -0.254 e. The largest absolute Gasteiger partial charge is 0.254 e. The number of nitrogens with zero attached hydrogens (tertiary/aromatic N) is 4. The van der Waals surface area contributed by atoms with Crippen LogP contribution < -0.4 is 0 Å². The molecule has 4 heteroatoms. The maximum absolute atomic E-state index is 4.99. The molecule has 8 rings (SSSR count). The molecule has 0 radical (unpaired) electrons. The van der Waals surface area contributed by atoms with E-state index in [-0.39, 0.29) is 0 Å². The first kappa shape index (κ1) is 22.5. The van der Waals surface area contributed by atoms with E-state index in [0.29, 0.717) is 0 Å². The van der Waals surface area contributed by atoms with Crippen molar-refractivity contribution in [1.82, 2.24) is 19.9 Å². The molecule has 0 aliphatic rings. The van der Waals surface area contributed by atoms with Crippen LogP contribution in [-0.2, 0) is 0 Å². The summed E-state index contributed by atoms with van der Waals surface area (Å²) in [5, 5.41) is 4.36. The lowest BCUT2D eigenvalue weighted by Crippen LogP contribution is -1.98. The van der Waals surface area contributed by atoms with Gasteiger partial charge < -0.3 is 0 Å². The first-order valence-electron chi connectivity index (χ1n) is 13.3. The third-order valence-corrected chi connectivity index (χ3v) is 7.55. The van der Waals surface area contributed by atoms with Gasteiger partial charge in [-0.05, 0) is 36.4 Å². The highest BCUT2D eigenvalue weighted by Crippen LogP contribution is 2.43. The molecule has 0 saturated carbocycles. The highest BCUT2D eigenvalue weighted by atomic mass is 14.8. The monoisotopic (exact) mass is 510 g/mol. The van der Waals surface area contributed by atoms with Crippen LogP contribution in [0.15, 0.2) is 134 Å². The van der Waals surface area contributed by atoms with Gasteiger partial charge in [0.1, 0.15) is 0 Å². The highest BCUT2D eigenvalue weighted by Gasteiger charge is 2.21. The molecule has 0 fully saturated rings. The second-order valence-electron chi connectivity index (χ2n) is 9.84. The van der Waals surface area contributed by atoms with Gasteiger partial charge in [0, 0.05) is 56.2 Å². The number of fused-ring (bicyclic) bond motifs is 4. The van der Waals surface area contributed by atoms with E-state index in [0.717, 1.165) is 77.3 Å². The summed E-state index contributed by atoms with van der Waals surface area (Å²) >= 11 is 0. The molecule has 4 heterocycles. The molecule has 40 heavy (non-hydrogen) atoms. The zero-order chi connectivity index (χ0) is 26.5. The third kappa shape index (κ3) is 3.47. The van der Waals surface area contributed by atoms with Gasteiger partial charge in [-0.1, -0.05) is 84.9 Å². The summed E-state index contributed by atoms with van der Waals surface area (Å²) in [6.07, 6.45) is 3.71. The van der Waals surface area contributed by atoms with E-state index in [1.54, 1.807) is 0 Å². The third-order valence-electron chi connectivity index (χ3n) is 7.55. The van der Waals surface area contributed by atoms with E-state index in [4.69, 9.17) is 19.9 Å². The van der Waals surface area contributed by atoms with Crippen molar-refractivity contribution in [1.29, 1.82) is 0 Å². The van der Waals surface area contributed by atoms with Crippen LogP contribution >= 0.6 is 0 Å². The summed E-state index contributed by atoms with van der Waals surface area (Å²) in [7, 11) is 0. The van der Waals surface area contributed by atoms with Crippen LogP contribution in [0.1, 0.15) is 0 Å². The summed E-state index contributed by atoms with van der Waals surface area (Å²) in [5.41, 5.74) is 9.79. The SMILES string of the molecule is c1cnc(-c2ncccc2-c2c3ccccc3nc3ccccc23)c(-c2c3ccccc3nc3ccccc23)c1. The lowest BCUT2D eigenvalue weighted by atomic mass is 9.90. The first-order chi connectivity index (χ1) is 19.9. The van der Waals surface area contributed by atoms with Gasteiger partial charge >= 0.3 is 0 Å². The molecule has 0 amide bonds. The Balaban J connectivity index is 1.49. The molecular weight excluding hydrogens is 488 g/mol. The van der Waals surface area contributed by atoms with Gasteiger partial charge in [0.2, 0.25) is 0 Å². The summed E-state index contributed by atoms with van der Waals surface area (Å²) in [5.74, 6) is 0. The Morgan fingerprint density at radius 2 is 0.650 bits per heavy atom. The fourth-order valence-corrected chi connectivity index (χ4v) is 5.85. The molecule has 186 valence electrons. The second kappa shape index (κ2) is 9.07. The van der Waals surface area contributed by atoms with Crippen molar-refractivity contribution in [2.24, 2.45) is 0 Å². The normalized spacial score (nSPS) is 11.5. The molecule has 0 saturated heterocycles. The van der Waals surface area contributed by atoms with Crippen molar-refractivity contribution in [3.05, 3.63) is 134 Å². The number of aromatic nitrogens is 4. The number of pyridine rings is 4. The fourth-order valence-electron chi connectivity index (χ4n) is 5.85. The van der Waals surface area contributed by atoms with Crippen LogP contribution in [0, 0.1) is 0 Å². The van der Waals surface area contributed by atoms with Crippen molar-refractivity contribution >= 4 is 43.6 Å². The van der Waals surface area contributed by atoms with E-state index in [2.05, 4.69) is 84.9 Å². The summed E-state index contributed by atoms with van der Waals surface area (Å²) < 4.78 is 0. The molecule has 0 bridgehead atoms. The summed E-state index contributed by atoms with van der Waals surface area (Å²) in [6.45, 7) is 0. The Morgan fingerprint density at radius 3 is 1.00 bits per heavy atom. The zero-order valence-corrected chi connectivity index (χ0v) is 21.5. The number of hydrogen-bond acceptors (Lipinski definition) is 4. The molecular formula is C36H22N4. The van der Waals surface area contributed by atoms with Crippen LogP contribution in [-0.4, -0.2) is 19.9 Å². The molecule has 0 spiro atoms. The van der Waals surface area contributed by atoms with Gasteiger partial charge in [-0.25, -0.2) is 9.97 Å². The van der Waals surface area contributed by atoms with Crippen molar-refractivity contribution in [2.45, 2.75) is 0 Å². The lowest BCUT2D eigenvalue weighted by molar-refractivity contribution is 1.25. The molecule has 0 aliphatic heterocycles.